The van der Waals surface area contributed by atoms with Crippen LogP contribution >= 0.6 is 0 Å². The highest BCUT2D eigenvalue weighted by atomic mass is 16.6. The number of phenols is 4. The molecule has 8 aromatic rings. The maximum Gasteiger partial charge on any atom is 0.355 e. The average molecular weight is 1640 g/mol. The van der Waals surface area contributed by atoms with E-state index in [1.165, 1.54) is 24.9 Å². The Hall–Kier alpha value is -12.7. The van der Waals surface area contributed by atoms with Crippen LogP contribution in [0.25, 0.3) is 0 Å². The van der Waals surface area contributed by atoms with Gasteiger partial charge in [0, 0.05) is 51.4 Å². The third-order valence-electron chi connectivity index (χ3n) is 20.7. The van der Waals surface area contributed by atoms with Gasteiger partial charge >= 0.3 is 35.9 Å². The summed E-state index contributed by atoms with van der Waals surface area (Å²) < 4.78 is 47.9. The molecule has 8 aromatic carbocycles. The van der Waals surface area contributed by atoms with Gasteiger partial charge < -0.3 is 58.3 Å². The minimum atomic E-state index is -0.865. The zero-order valence-corrected chi connectivity index (χ0v) is 71.2. The smallest absolute Gasteiger partial charge is 0.355 e. The Morgan fingerprint density at radius 1 is 0.283 bits per heavy atom. The molecule has 0 saturated heterocycles. The van der Waals surface area contributed by atoms with Crippen LogP contribution in [0.4, 0.5) is 9.59 Å². The number of fused-ring (bicyclic) bond motifs is 8. The number of amides is 4. The number of nitrogens with zero attached hydrogens (tertiary/aromatic N) is 4. The normalized spacial score (nSPS) is 13.8. The summed E-state index contributed by atoms with van der Waals surface area (Å²) in [5, 5.41) is 69.6. The van der Waals surface area contributed by atoms with E-state index in [2.05, 4.69) is 42.1 Å². The van der Waals surface area contributed by atoms with Gasteiger partial charge in [0.15, 0.2) is 26.4 Å². The Morgan fingerprint density at radius 3 is 0.583 bits per heavy atom. The van der Waals surface area contributed by atoms with Crippen LogP contribution in [0, 0.1) is 0 Å². The molecule has 8 N–H and O–H groups in total. The number of rotatable bonds is 16. The first-order valence-corrected chi connectivity index (χ1v) is 40.3. The van der Waals surface area contributed by atoms with Crippen LogP contribution < -0.4 is 40.7 Å². The molecule has 0 fully saturated rings. The SMILES string of the molecule is CCOC(=O)COc1c2cc(C(C)(C)C)cc1Cc1cc3cc(c1O)Cc1cc(C(C)(C)C)cc(c1OCC(=O)OCC)Cc1cc(cc(c1O)C2)C=NNC(=O)NN=Cc1cc2c(O)c(c1)Cc1cc(C(C)(C)C)cc(c1OCC(=O)OCC)Cc1cc(cc(c1O)Cc1cc(C(C)(C)C)cc(c1OCC(=O)OCC)C2)C=NNC(=O)NN=C3. The van der Waals surface area contributed by atoms with Crippen LogP contribution in [0.3, 0.4) is 0 Å². The van der Waals surface area contributed by atoms with E-state index in [0.29, 0.717) is 111 Å². The molecule has 26 heteroatoms. The Balaban J connectivity index is 1.16. The first-order valence-electron chi connectivity index (χ1n) is 40.3. The molecule has 0 spiro atoms. The maximum absolute atomic E-state index is 14.2. The van der Waals surface area contributed by atoms with Crippen molar-refractivity contribution in [1.82, 2.24) is 21.7 Å². The Bertz CT molecular complexity index is 4550. The molecule has 2 heterocycles. The van der Waals surface area contributed by atoms with E-state index in [-0.39, 0.29) is 124 Å². The van der Waals surface area contributed by atoms with Gasteiger partial charge in [0.2, 0.25) is 0 Å². The average Bonchev–Trinajstić information content (AvgIpc) is 0.780. The molecule has 12 rings (SSSR count). The molecule has 2 aliphatic heterocycles. The van der Waals surface area contributed by atoms with Crippen LogP contribution in [0.5, 0.6) is 46.0 Å². The maximum atomic E-state index is 14.2. The summed E-state index contributed by atoms with van der Waals surface area (Å²) in [6, 6.07) is 27.6. The van der Waals surface area contributed by atoms with Crippen molar-refractivity contribution in [1.29, 1.82) is 0 Å². The molecule has 2 aliphatic carbocycles. The van der Waals surface area contributed by atoms with Crippen molar-refractivity contribution in [3.63, 3.8) is 0 Å². The Labute approximate surface area is 699 Å². The highest BCUT2D eigenvalue weighted by Gasteiger charge is 2.32. The molecular formula is C94H108N8O18. The van der Waals surface area contributed by atoms with Gasteiger partial charge in [-0.25, -0.2) is 50.5 Å². The van der Waals surface area contributed by atoms with Crippen LogP contribution in [-0.4, -0.2) is 134 Å². The van der Waals surface area contributed by atoms with Crippen molar-refractivity contribution in [2.45, 2.75) is 184 Å². The number of urea groups is 2. The third-order valence-corrected chi connectivity index (χ3v) is 20.7. The number of phenolic OH excluding ortho intramolecular Hbond substituents is 4. The summed E-state index contributed by atoms with van der Waals surface area (Å²) in [5.74, 6) is -1.95. The molecule has 632 valence electrons. The largest absolute Gasteiger partial charge is 0.507 e. The Kier molecular flexibility index (Phi) is 27.5. The molecule has 4 amide bonds. The lowest BCUT2D eigenvalue weighted by atomic mass is 9.81. The molecule has 0 radical (unpaired) electrons. The second-order valence-electron chi connectivity index (χ2n) is 34.2. The first kappa shape index (κ1) is 88.1. The van der Waals surface area contributed by atoms with E-state index in [0.717, 1.165) is 22.3 Å². The molecule has 4 aliphatic rings. The molecule has 0 saturated carbocycles. The van der Waals surface area contributed by atoms with Gasteiger partial charge in [-0.3, -0.25) is 0 Å². The molecule has 0 aromatic heterocycles. The number of hydrazone groups is 4. The summed E-state index contributed by atoms with van der Waals surface area (Å²) in [5.41, 5.74) is 20.4. The lowest BCUT2D eigenvalue weighted by Gasteiger charge is -2.26. The van der Waals surface area contributed by atoms with Gasteiger partial charge in [0.1, 0.15) is 46.0 Å². The lowest BCUT2D eigenvalue weighted by molar-refractivity contribution is -0.146. The van der Waals surface area contributed by atoms with E-state index in [9.17, 15) is 49.2 Å². The van der Waals surface area contributed by atoms with Gasteiger partial charge in [-0.15, -0.1) is 0 Å². The van der Waals surface area contributed by atoms with Gasteiger partial charge in [0.25, 0.3) is 0 Å². The van der Waals surface area contributed by atoms with E-state index in [1.54, 1.807) is 76.2 Å². The molecule has 26 nitrogen and oxygen atoms in total. The highest BCUT2D eigenvalue weighted by Crippen LogP contribution is 2.46. The zero-order chi connectivity index (χ0) is 86.7. The second kappa shape index (κ2) is 37.5. The summed E-state index contributed by atoms with van der Waals surface area (Å²) in [6.07, 6.45) is 5.42. The van der Waals surface area contributed by atoms with Crippen molar-refractivity contribution >= 4 is 60.8 Å². The molecule has 0 atom stereocenters. The van der Waals surface area contributed by atoms with E-state index in [1.807, 2.05) is 132 Å². The van der Waals surface area contributed by atoms with Crippen molar-refractivity contribution in [2.24, 2.45) is 20.4 Å². The predicted octanol–water partition coefficient (Wildman–Crippen LogP) is 14.5. The summed E-state index contributed by atoms with van der Waals surface area (Å²) in [7, 11) is 0. The molecule has 0 unspecified atom stereocenters. The van der Waals surface area contributed by atoms with Crippen LogP contribution in [0.15, 0.2) is 117 Å². The summed E-state index contributed by atoms with van der Waals surface area (Å²) in [4.78, 5) is 81.9. The van der Waals surface area contributed by atoms with Crippen molar-refractivity contribution in [3.8, 4) is 46.0 Å². The number of nitrogens with one attached hydrogen (secondary N) is 4. The van der Waals surface area contributed by atoms with Crippen molar-refractivity contribution in [2.75, 3.05) is 52.9 Å². The van der Waals surface area contributed by atoms with Gasteiger partial charge in [-0.05, 0) is 231 Å². The number of benzene rings is 8. The van der Waals surface area contributed by atoms with Gasteiger partial charge in [0.05, 0.1) is 51.3 Å². The number of carbonyl (C=O) groups is 6. The number of ether oxygens (including phenoxy) is 8. The lowest BCUT2D eigenvalue weighted by Crippen LogP contribution is -2.28. The number of aromatic hydroxyl groups is 4. The third kappa shape index (κ3) is 22.2. The number of hydrogen-bond acceptors (Lipinski definition) is 22. The fourth-order valence-corrected chi connectivity index (χ4v) is 14.8. The van der Waals surface area contributed by atoms with Crippen LogP contribution in [-0.2, 0) is 111 Å². The van der Waals surface area contributed by atoms with E-state index < -0.39 is 84.0 Å². The first-order chi connectivity index (χ1) is 56.9. The number of carbonyl (C=O) groups excluding carboxylic acids is 6. The predicted molar refractivity (Wildman–Crippen MR) is 458 cm³/mol. The monoisotopic (exact) mass is 1640 g/mol. The minimum absolute atomic E-state index is 0.0271. The van der Waals surface area contributed by atoms with Crippen molar-refractivity contribution < 1.29 is 87.1 Å². The zero-order valence-electron chi connectivity index (χ0n) is 71.2. The van der Waals surface area contributed by atoms with E-state index >= 15 is 0 Å². The summed E-state index contributed by atoms with van der Waals surface area (Å²) >= 11 is 0. The van der Waals surface area contributed by atoms with E-state index in [4.69, 9.17) is 37.9 Å². The second-order valence-corrected chi connectivity index (χ2v) is 34.2. The minimum Gasteiger partial charge on any atom is -0.507 e. The molecular weight excluding hydrogens is 1530 g/mol. The fraction of sp³-hybridized carbons (Fsp3) is 0.383. The summed E-state index contributed by atoms with van der Waals surface area (Å²) in [6.45, 7) is 29.6. The quantitative estimate of drug-likeness (QED) is 0.0329. The topological polar surface area (TPSA) is 355 Å². The van der Waals surface area contributed by atoms with Crippen molar-refractivity contribution in [3.05, 3.63) is 231 Å². The fourth-order valence-electron chi connectivity index (χ4n) is 14.8. The van der Waals surface area contributed by atoms with Crippen LogP contribution in [0.2, 0.25) is 0 Å². The van der Waals surface area contributed by atoms with Gasteiger partial charge in [-0.1, -0.05) is 132 Å². The van der Waals surface area contributed by atoms with Crippen LogP contribution in [0.1, 0.15) is 244 Å². The van der Waals surface area contributed by atoms with Gasteiger partial charge in [-0.2, -0.15) is 20.4 Å². The Morgan fingerprint density at radius 2 is 0.442 bits per heavy atom. The standard InChI is InChI=1S/C94H108N8O18/c1-17-113-77(103)49-117-85-65-29-57-21-53-23-59(81(57)107)31-67-39-74(92(8,9)10)40-68(86(67)118-50-78(104)114-18-2)32-60-24-54(22-58(82(60)108)30-66(85)38-73(37-65)91(5,6)7)46-96-100-90(112)102-98-48-56-26-62-34-70-42-75(93(11,12)13)41-69(87(70)119-51-79(105)115-19-3)33-61-25-55(47-97-101-89(111)99-95-45-53)27-63(83(61)109)35-71-43-76(94(14,15)16)44-72(36-64(28-56)84(62)110)88(71)120-52-80(106)116-20-4/h21-28,37-48,107-110H,17-20,29-36,49-52H2,1-16H3,(H2,99,101,111)(H2,100,102,112). The molecule has 120 heavy (non-hydrogen) atoms. The number of esters is 4. The molecule has 20 bridgehead atoms. The number of hydrogen-bond donors (Lipinski definition) is 8. The highest BCUT2D eigenvalue weighted by molar-refractivity contribution is 5.87.